The second-order valence-corrected chi connectivity index (χ2v) is 10.2. The normalized spacial score (nSPS) is 12.6. The molecule has 0 aliphatic carbocycles. The summed E-state index contributed by atoms with van der Waals surface area (Å²) in [6.45, 7) is 15.4. The van der Waals surface area contributed by atoms with Crippen LogP contribution in [0.4, 0.5) is 0 Å². The third kappa shape index (κ3) is 4.55. The molecule has 28 heavy (non-hydrogen) atoms. The number of rotatable bonds is 6. The van der Waals surface area contributed by atoms with Crippen LogP contribution in [0.5, 0.6) is 0 Å². The minimum atomic E-state index is -3.61. The summed E-state index contributed by atoms with van der Waals surface area (Å²) in [5.41, 5.74) is 4.34. The second-order valence-electron chi connectivity index (χ2n) is 8.26. The molecule has 0 atom stereocenters. The Morgan fingerprint density at radius 3 is 2.00 bits per heavy atom. The fourth-order valence-corrected chi connectivity index (χ4v) is 4.82. The summed E-state index contributed by atoms with van der Waals surface area (Å²) in [6.07, 6.45) is 1.46. The van der Waals surface area contributed by atoms with Crippen LogP contribution in [0.2, 0.25) is 0 Å². The van der Waals surface area contributed by atoms with Crippen LogP contribution in [0.15, 0.2) is 40.2 Å². The zero-order valence-corrected chi connectivity index (χ0v) is 18.9. The number of nitrogens with zero attached hydrogens (tertiary/aromatic N) is 2. The number of sulfonamides is 1. The summed E-state index contributed by atoms with van der Waals surface area (Å²) in [5, 5.41) is 0. The molecule has 5 nitrogen and oxygen atoms in total. The number of hydrogen-bond donors (Lipinski definition) is 0. The van der Waals surface area contributed by atoms with E-state index >= 15 is 0 Å². The predicted octanol–water partition coefficient (Wildman–Crippen LogP) is 3.84. The van der Waals surface area contributed by atoms with Crippen molar-refractivity contribution in [1.82, 2.24) is 8.87 Å². The highest BCUT2D eigenvalue weighted by Gasteiger charge is 2.23. The Bertz CT molecular complexity index is 988. The Labute approximate surface area is 169 Å². The van der Waals surface area contributed by atoms with Crippen molar-refractivity contribution < 1.29 is 8.42 Å². The van der Waals surface area contributed by atoms with Gasteiger partial charge in [0.1, 0.15) is 0 Å². The van der Waals surface area contributed by atoms with Crippen molar-refractivity contribution in [2.75, 3.05) is 13.1 Å². The summed E-state index contributed by atoms with van der Waals surface area (Å²) >= 11 is 0. The number of aromatic nitrogens is 1. The molecule has 0 aliphatic rings. The molecule has 0 bridgehead atoms. The first-order chi connectivity index (χ1) is 12.9. The number of benzene rings is 1. The first kappa shape index (κ1) is 22.4. The zero-order chi connectivity index (χ0) is 21.3. The average molecular weight is 405 g/mol. The highest BCUT2D eigenvalue weighted by Crippen LogP contribution is 2.27. The van der Waals surface area contributed by atoms with Crippen LogP contribution < -0.4 is 5.56 Å². The molecular formula is C22H32N2O3S. The lowest BCUT2D eigenvalue weighted by atomic mass is 9.84. The Kier molecular flexibility index (Phi) is 6.56. The predicted molar refractivity (Wildman–Crippen MR) is 115 cm³/mol. The molecule has 0 radical (unpaired) electrons. The lowest BCUT2D eigenvalue weighted by Crippen LogP contribution is -2.32. The van der Waals surface area contributed by atoms with E-state index in [-0.39, 0.29) is 15.9 Å². The third-order valence-corrected chi connectivity index (χ3v) is 7.22. The fourth-order valence-electron chi connectivity index (χ4n) is 3.34. The van der Waals surface area contributed by atoms with Crippen molar-refractivity contribution >= 4 is 10.0 Å². The molecular weight excluding hydrogens is 372 g/mol. The Morgan fingerprint density at radius 1 is 1.00 bits per heavy atom. The van der Waals surface area contributed by atoms with E-state index in [1.807, 2.05) is 13.8 Å². The van der Waals surface area contributed by atoms with Gasteiger partial charge in [0.05, 0.1) is 11.4 Å². The van der Waals surface area contributed by atoms with Crippen LogP contribution >= 0.6 is 0 Å². The van der Waals surface area contributed by atoms with Crippen molar-refractivity contribution in [2.45, 2.75) is 65.3 Å². The first-order valence-electron chi connectivity index (χ1n) is 9.73. The summed E-state index contributed by atoms with van der Waals surface area (Å²) in [5.74, 6) is 0. The number of pyridine rings is 1. The van der Waals surface area contributed by atoms with Crippen molar-refractivity contribution in [3.63, 3.8) is 0 Å². The molecule has 154 valence electrons. The van der Waals surface area contributed by atoms with Gasteiger partial charge in [0, 0.05) is 25.4 Å². The van der Waals surface area contributed by atoms with Crippen LogP contribution in [0.3, 0.4) is 0 Å². The zero-order valence-electron chi connectivity index (χ0n) is 18.0. The van der Waals surface area contributed by atoms with E-state index in [9.17, 15) is 13.2 Å². The minimum absolute atomic E-state index is 0.0443. The minimum Gasteiger partial charge on any atom is -0.310 e. The molecule has 0 amide bonds. The van der Waals surface area contributed by atoms with Crippen LogP contribution in [0.1, 0.15) is 56.9 Å². The summed E-state index contributed by atoms with van der Waals surface area (Å²) in [6, 6.07) is 7.05. The molecule has 0 spiro atoms. The van der Waals surface area contributed by atoms with E-state index in [0.717, 1.165) is 16.7 Å². The standard InChI is InChI=1S/C22H32N2O3S/c1-8-24(9-2)28(26,27)19-10-11-21(25)23(14-19)15-20-16(3)12-18(13-17(20)4)22(5,6)7/h10-14H,8-9,15H2,1-7H3. The summed E-state index contributed by atoms with van der Waals surface area (Å²) in [4.78, 5) is 12.6. The number of aryl methyl sites for hydroxylation is 2. The van der Waals surface area contributed by atoms with Crippen molar-refractivity contribution in [2.24, 2.45) is 0 Å². The monoisotopic (exact) mass is 404 g/mol. The lowest BCUT2D eigenvalue weighted by molar-refractivity contribution is 0.444. The van der Waals surface area contributed by atoms with E-state index in [0.29, 0.717) is 19.6 Å². The summed E-state index contributed by atoms with van der Waals surface area (Å²) < 4.78 is 28.5. The molecule has 1 aromatic carbocycles. The highest BCUT2D eigenvalue weighted by molar-refractivity contribution is 7.89. The maximum atomic E-state index is 12.8. The van der Waals surface area contributed by atoms with Gasteiger partial charge in [-0.3, -0.25) is 4.79 Å². The van der Waals surface area contributed by atoms with Crippen LogP contribution in [-0.2, 0) is 22.0 Å². The largest absolute Gasteiger partial charge is 0.310 e. The Hall–Kier alpha value is -1.92. The van der Waals surface area contributed by atoms with Gasteiger partial charge in [0.25, 0.3) is 5.56 Å². The van der Waals surface area contributed by atoms with Crippen molar-refractivity contribution in [1.29, 1.82) is 0 Å². The molecule has 2 aromatic rings. The molecule has 0 unspecified atom stereocenters. The Morgan fingerprint density at radius 2 is 1.54 bits per heavy atom. The van der Waals surface area contributed by atoms with Gasteiger partial charge in [-0.25, -0.2) is 8.42 Å². The topological polar surface area (TPSA) is 59.4 Å². The van der Waals surface area contributed by atoms with E-state index in [2.05, 4.69) is 32.9 Å². The van der Waals surface area contributed by atoms with Gasteiger partial charge in [-0.2, -0.15) is 4.31 Å². The maximum absolute atomic E-state index is 12.8. The molecule has 6 heteroatoms. The fraction of sp³-hybridized carbons (Fsp3) is 0.500. The lowest BCUT2D eigenvalue weighted by Gasteiger charge is -2.23. The number of hydrogen-bond acceptors (Lipinski definition) is 3. The van der Waals surface area contributed by atoms with Crippen LogP contribution in [0, 0.1) is 13.8 Å². The Balaban J connectivity index is 2.50. The van der Waals surface area contributed by atoms with Gasteiger partial charge < -0.3 is 4.57 Å². The third-order valence-electron chi connectivity index (χ3n) is 5.19. The quantitative estimate of drug-likeness (QED) is 0.735. The molecule has 0 fully saturated rings. The van der Waals surface area contributed by atoms with Crippen LogP contribution in [-0.4, -0.2) is 30.4 Å². The van der Waals surface area contributed by atoms with E-state index in [1.54, 1.807) is 13.8 Å². The SMILES string of the molecule is CCN(CC)S(=O)(=O)c1ccc(=O)n(Cc2c(C)cc(C(C)(C)C)cc2C)c1. The van der Waals surface area contributed by atoms with Gasteiger partial charge in [-0.15, -0.1) is 0 Å². The molecule has 0 N–H and O–H groups in total. The molecule has 0 aliphatic heterocycles. The average Bonchev–Trinajstić information content (AvgIpc) is 2.59. The molecule has 0 saturated carbocycles. The van der Waals surface area contributed by atoms with Gasteiger partial charge in [0.15, 0.2) is 0 Å². The molecule has 2 rings (SSSR count). The van der Waals surface area contributed by atoms with Gasteiger partial charge in [-0.05, 0) is 47.6 Å². The highest BCUT2D eigenvalue weighted by atomic mass is 32.2. The smallest absolute Gasteiger partial charge is 0.250 e. The molecule has 1 aromatic heterocycles. The second kappa shape index (κ2) is 8.21. The van der Waals surface area contributed by atoms with E-state index in [4.69, 9.17) is 0 Å². The van der Waals surface area contributed by atoms with Gasteiger partial charge in [0.2, 0.25) is 10.0 Å². The molecule has 1 heterocycles. The van der Waals surface area contributed by atoms with Crippen molar-refractivity contribution in [3.05, 3.63) is 63.1 Å². The maximum Gasteiger partial charge on any atom is 0.250 e. The van der Waals surface area contributed by atoms with Crippen LogP contribution in [0.25, 0.3) is 0 Å². The summed E-state index contributed by atoms with van der Waals surface area (Å²) in [7, 11) is -3.61. The van der Waals surface area contributed by atoms with E-state index < -0.39 is 10.0 Å². The van der Waals surface area contributed by atoms with E-state index in [1.165, 1.54) is 32.8 Å². The van der Waals surface area contributed by atoms with Crippen molar-refractivity contribution in [3.8, 4) is 0 Å². The molecule has 0 saturated heterocycles. The first-order valence-corrected chi connectivity index (χ1v) is 11.2. The van der Waals surface area contributed by atoms with Gasteiger partial charge >= 0.3 is 0 Å². The van der Waals surface area contributed by atoms with Gasteiger partial charge in [-0.1, -0.05) is 46.8 Å².